The Labute approximate surface area is 221 Å². The maximum atomic E-state index is 12.8. The van der Waals surface area contributed by atoms with Crippen LogP contribution in [0.3, 0.4) is 0 Å². The van der Waals surface area contributed by atoms with Crippen molar-refractivity contribution < 1.29 is 38.2 Å². The van der Waals surface area contributed by atoms with Gasteiger partial charge < -0.3 is 30.2 Å². The molecule has 0 unspecified atom stereocenters. The molecule has 0 spiro atoms. The molecule has 3 amide bonds. The van der Waals surface area contributed by atoms with Crippen molar-refractivity contribution in [3.8, 4) is 0 Å². The quantitative estimate of drug-likeness (QED) is 0.198. The van der Waals surface area contributed by atoms with Gasteiger partial charge in [-0.3, -0.25) is 9.59 Å². The smallest absolute Gasteiger partial charge is 0.329 e. The summed E-state index contributed by atoms with van der Waals surface area (Å²) in [6.45, 7) is 17.3. The number of carbonyl (C=O) groups excluding carboxylic acids is 5. The lowest BCUT2D eigenvalue weighted by Crippen LogP contribution is -2.53. The van der Waals surface area contributed by atoms with Gasteiger partial charge in [-0.2, -0.15) is 0 Å². The van der Waals surface area contributed by atoms with E-state index in [0.717, 1.165) is 0 Å². The molecule has 3 N–H and O–H groups in total. The molecule has 37 heavy (non-hydrogen) atoms. The first kappa shape index (κ1) is 34.1. The van der Waals surface area contributed by atoms with E-state index in [1.807, 2.05) is 0 Å². The van der Waals surface area contributed by atoms with E-state index in [-0.39, 0.29) is 25.2 Å². The number of rotatable bonds is 12. The fourth-order valence-electron chi connectivity index (χ4n) is 2.99. The first-order valence-corrected chi connectivity index (χ1v) is 12.7. The van der Waals surface area contributed by atoms with Gasteiger partial charge in [0.2, 0.25) is 5.91 Å². The number of unbranched alkanes of at least 4 members (excludes halogenated alkanes) is 1. The van der Waals surface area contributed by atoms with Gasteiger partial charge in [0.25, 0.3) is 0 Å². The Bertz CT molecular complexity index is 791. The molecule has 11 nitrogen and oxygen atoms in total. The number of urea groups is 1. The zero-order valence-electron chi connectivity index (χ0n) is 24.2. The Hall–Kier alpha value is -2.85. The fraction of sp³-hybridized carbons (Fsp3) is 0.808. The Morgan fingerprint density at radius 2 is 1.08 bits per heavy atom. The predicted molar refractivity (Wildman–Crippen MR) is 139 cm³/mol. The molecule has 0 fully saturated rings. The van der Waals surface area contributed by atoms with E-state index in [9.17, 15) is 24.0 Å². The highest BCUT2D eigenvalue weighted by Crippen LogP contribution is 2.15. The molecule has 0 aliphatic heterocycles. The van der Waals surface area contributed by atoms with E-state index < -0.39 is 52.8 Å². The number of ether oxygens (including phenoxy) is 3. The van der Waals surface area contributed by atoms with Crippen molar-refractivity contribution in [2.24, 2.45) is 0 Å². The monoisotopic (exact) mass is 529 g/mol. The van der Waals surface area contributed by atoms with E-state index in [1.165, 1.54) is 6.92 Å². The number of nitrogens with one attached hydrogen (secondary N) is 3. The van der Waals surface area contributed by atoms with E-state index in [4.69, 9.17) is 14.2 Å². The van der Waals surface area contributed by atoms with Gasteiger partial charge in [0.15, 0.2) is 0 Å². The van der Waals surface area contributed by atoms with E-state index >= 15 is 0 Å². The largest absolute Gasteiger partial charge is 0.460 e. The minimum atomic E-state index is -1.15. The number of hydrogen-bond acceptors (Lipinski definition) is 8. The summed E-state index contributed by atoms with van der Waals surface area (Å²) in [6.07, 6.45) is 1.21. The zero-order valence-corrected chi connectivity index (χ0v) is 24.2. The molecular weight excluding hydrogens is 482 g/mol. The van der Waals surface area contributed by atoms with Crippen LogP contribution in [0.15, 0.2) is 0 Å². The number of hydrogen-bond donors (Lipinski definition) is 3. The van der Waals surface area contributed by atoms with Gasteiger partial charge in [-0.15, -0.1) is 0 Å². The summed E-state index contributed by atoms with van der Waals surface area (Å²) in [5.41, 5.74) is -2.27. The second-order valence-electron chi connectivity index (χ2n) is 11.9. The van der Waals surface area contributed by atoms with Crippen LogP contribution < -0.4 is 16.0 Å². The maximum Gasteiger partial charge on any atom is 0.329 e. The standard InChI is InChI=1S/C26H47N3O8/c1-17(30)27-16-12-11-13-18(21(32)36-25(5,6)7)28-23(34)29-19(22(33)37-26(8,9)10)14-15-20(31)35-24(2,3)4/h18-19H,11-16H2,1-10H3,(H,27,30)(H2,28,29,34)/t18-,19+/m0/s1. The third-order valence-electron chi connectivity index (χ3n) is 4.34. The van der Waals surface area contributed by atoms with Gasteiger partial charge in [-0.1, -0.05) is 0 Å². The van der Waals surface area contributed by atoms with Crippen LogP contribution in [0.25, 0.3) is 0 Å². The molecule has 0 radical (unpaired) electrons. The molecule has 0 aromatic heterocycles. The predicted octanol–water partition coefficient (Wildman–Crippen LogP) is 3.13. The van der Waals surface area contributed by atoms with Gasteiger partial charge in [0, 0.05) is 19.9 Å². The van der Waals surface area contributed by atoms with Crippen LogP contribution in [0.2, 0.25) is 0 Å². The van der Waals surface area contributed by atoms with Crippen LogP contribution in [-0.4, -0.2) is 65.3 Å². The van der Waals surface area contributed by atoms with E-state index in [1.54, 1.807) is 62.3 Å². The third-order valence-corrected chi connectivity index (χ3v) is 4.34. The zero-order chi connectivity index (χ0) is 29.0. The molecule has 2 atom stereocenters. The van der Waals surface area contributed by atoms with Crippen LogP contribution in [0.4, 0.5) is 4.79 Å². The summed E-state index contributed by atoms with van der Waals surface area (Å²) in [4.78, 5) is 61.6. The van der Waals surface area contributed by atoms with Crippen LogP contribution in [0.1, 0.15) is 101 Å². The van der Waals surface area contributed by atoms with Crippen molar-refractivity contribution in [1.29, 1.82) is 0 Å². The van der Waals surface area contributed by atoms with Crippen molar-refractivity contribution in [2.75, 3.05) is 6.54 Å². The Balaban J connectivity index is 5.40. The molecule has 214 valence electrons. The number of carbonyl (C=O) groups is 5. The third kappa shape index (κ3) is 19.0. The summed E-state index contributed by atoms with van der Waals surface area (Å²) in [6, 6.07) is -2.91. The topological polar surface area (TPSA) is 149 Å². The molecule has 0 aromatic carbocycles. The molecule has 0 bridgehead atoms. The molecular formula is C26H47N3O8. The molecule has 0 saturated heterocycles. The Kier molecular flexibility index (Phi) is 13.6. The van der Waals surface area contributed by atoms with Gasteiger partial charge in [0.1, 0.15) is 28.9 Å². The van der Waals surface area contributed by atoms with Gasteiger partial charge in [0.05, 0.1) is 0 Å². The Morgan fingerprint density at radius 3 is 1.49 bits per heavy atom. The summed E-state index contributed by atoms with van der Waals surface area (Å²) >= 11 is 0. The normalized spacial score (nSPS) is 13.6. The van der Waals surface area contributed by atoms with Crippen molar-refractivity contribution in [1.82, 2.24) is 16.0 Å². The molecule has 0 heterocycles. The second-order valence-corrected chi connectivity index (χ2v) is 11.9. The van der Waals surface area contributed by atoms with Crippen molar-refractivity contribution >= 4 is 29.8 Å². The fourth-order valence-corrected chi connectivity index (χ4v) is 2.99. The summed E-state index contributed by atoms with van der Waals surface area (Å²) in [5, 5.41) is 7.78. The Morgan fingerprint density at radius 1 is 0.649 bits per heavy atom. The average molecular weight is 530 g/mol. The molecule has 0 aliphatic carbocycles. The molecule has 0 aromatic rings. The molecule has 0 rings (SSSR count). The lowest BCUT2D eigenvalue weighted by atomic mass is 10.1. The number of amides is 3. The second kappa shape index (κ2) is 14.8. The van der Waals surface area contributed by atoms with Crippen molar-refractivity contribution in [2.45, 2.75) is 130 Å². The van der Waals surface area contributed by atoms with Crippen LogP contribution in [0, 0.1) is 0 Å². The minimum absolute atomic E-state index is 0.0505. The minimum Gasteiger partial charge on any atom is -0.460 e. The summed E-state index contributed by atoms with van der Waals surface area (Å²) < 4.78 is 16.1. The van der Waals surface area contributed by atoms with Gasteiger partial charge in [-0.25, -0.2) is 14.4 Å². The summed E-state index contributed by atoms with van der Waals surface area (Å²) in [7, 11) is 0. The molecule has 0 aliphatic rings. The van der Waals surface area contributed by atoms with Crippen LogP contribution in [-0.2, 0) is 33.4 Å². The first-order valence-electron chi connectivity index (χ1n) is 12.7. The first-order chi connectivity index (χ1) is 16.7. The van der Waals surface area contributed by atoms with Crippen molar-refractivity contribution in [3.05, 3.63) is 0 Å². The highest BCUT2D eigenvalue weighted by molar-refractivity contribution is 5.87. The molecule has 0 saturated carbocycles. The van der Waals surface area contributed by atoms with Gasteiger partial charge in [-0.05, 0) is 88.0 Å². The highest BCUT2D eigenvalue weighted by atomic mass is 16.6. The van der Waals surface area contributed by atoms with Crippen LogP contribution >= 0.6 is 0 Å². The average Bonchev–Trinajstić information content (AvgIpc) is 2.65. The van der Waals surface area contributed by atoms with E-state index in [0.29, 0.717) is 19.4 Å². The van der Waals surface area contributed by atoms with Crippen LogP contribution in [0.5, 0.6) is 0 Å². The SMILES string of the molecule is CC(=O)NCCCC[C@H](NC(=O)N[C@H](CCC(=O)OC(C)(C)C)C(=O)OC(C)(C)C)C(=O)OC(C)(C)C. The maximum absolute atomic E-state index is 12.8. The lowest BCUT2D eigenvalue weighted by molar-refractivity contribution is -0.159. The summed E-state index contributed by atoms with van der Waals surface area (Å²) in [5.74, 6) is -2.00. The lowest BCUT2D eigenvalue weighted by Gasteiger charge is -2.27. The van der Waals surface area contributed by atoms with Crippen molar-refractivity contribution in [3.63, 3.8) is 0 Å². The van der Waals surface area contributed by atoms with Gasteiger partial charge >= 0.3 is 23.9 Å². The molecule has 11 heteroatoms. The number of esters is 3. The van der Waals surface area contributed by atoms with E-state index in [2.05, 4.69) is 16.0 Å². The highest BCUT2D eigenvalue weighted by Gasteiger charge is 2.31.